The Morgan fingerprint density at radius 2 is 1.56 bits per heavy atom. The van der Waals surface area contributed by atoms with E-state index in [1.165, 1.54) is 0 Å². The third kappa shape index (κ3) is 7.07. The van der Waals surface area contributed by atoms with Crippen LogP contribution in [0.15, 0.2) is 42.5 Å². The number of rotatable bonds is 9. The number of nitro benzene ring substituents is 2. The van der Waals surface area contributed by atoms with Crippen LogP contribution in [-0.4, -0.2) is 47.0 Å². The zero-order valence-corrected chi connectivity index (χ0v) is 17.6. The zero-order chi connectivity index (χ0) is 23.7. The molecule has 0 unspecified atom stereocenters. The van der Waals surface area contributed by atoms with Crippen LogP contribution < -0.4 is 16.0 Å². The Hall–Kier alpha value is -3.97. The number of thiocarbonyl (C=S) groups is 1. The minimum atomic E-state index is -0.860. The van der Waals surface area contributed by atoms with Crippen LogP contribution in [0.3, 0.4) is 0 Å². The topological polar surface area (TPSA) is 166 Å². The summed E-state index contributed by atoms with van der Waals surface area (Å²) in [6, 6.07) is 8.82. The summed E-state index contributed by atoms with van der Waals surface area (Å²) in [5, 5.41) is 29.5. The molecular formula is C19H19N5O7S. The van der Waals surface area contributed by atoms with Gasteiger partial charge in [0.2, 0.25) is 0 Å². The van der Waals surface area contributed by atoms with Gasteiger partial charge >= 0.3 is 0 Å². The number of hydrogen-bond acceptors (Lipinski definition) is 8. The highest BCUT2D eigenvalue weighted by molar-refractivity contribution is 7.80. The Bertz CT molecular complexity index is 1010. The van der Waals surface area contributed by atoms with Crippen molar-refractivity contribution in [3.05, 3.63) is 73.8 Å². The summed E-state index contributed by atoms with van der Waals surface area (Å²) in [5.41, 5.74) is -0.600. The average molecular weight is 461 g/mol. The zero-order valence-electron chi connectivity index (χ0n) is 16.8. The molecule has 0 saturated heterocycles. The number of nitrogens with one attached hydrogen (secondary N) is 3. The van der Waals surface area contributed by atoms with E-state index in [1.807, 2.05) is 0 Å². The molecule has 13 heteroatoms. The van der Waals surface area contributed by atoms with Gasteiger partial charge in [0.1, 0.15) is 0 Å². The van der Waals surface area contributed by atoms with E-state index in [-0.39, 0.29) is 16.6 Å². The summed E-state index contributed by atoms with van der Waals surface area (Å²) in [4.78, 5) is 44.6. The molecule has 0 fully saturated rings. The molecule has 12 nitrogen and oxygen atoms in total. The van der Waals surface area contributed by atoms with Crippen LogP contribution in [0.5, 0.6) is 0 Å². The summed E-state index contributed by atoms with van der Waals surface area (Å²) in [5.74, 6) is -1.11. The average Bonchev–Trinajstić information content (AvgIpc) is 2.76. The Kier molecular flexibility index (Phi) is 8.68. The van der Waals surface area contributed by atoms with E-state index in [1.54, 1.807) is 31.4 Å². The van der Waals surface area contributed by atoms with Gasteiger partial charge in [-0.1, -0.05) is 0 Å². The van der Waals surface area contributed by atoms with Gasteiger partial charge in [-0.15, -0.1) is 0 Å². The van der Waals surface area contributed by atoms with Gasteiger partial charge in [-0.05, 0) is 42.9 Å². The summed E-state index contributed by atoms with van der Waals surface area (Å²) >= 11 is 5.05. The van der Waals surface area contributed by atoms with E-state index in [9.17, 15) is 29.8 Å². The number of non-ortho nitro benzene ring substituents is 2. The number of carbonyl (C=O) groups excluding carboxylic acids is 2. The van der Waals surface area contributed by atoms with Gasteiger partial charge in [0.25, 0.3) is 23.2 Å². The molecule has 3 N–H and O–H groups in total. The largest absolute Gasteiger partial charge is 0.385 e. The first-order chi connectivity index (χ1) is 15.2. The maximum Gasteiger partial charge on any atom is 0.277 e. The van der Waals surface area contributed by atoms with Crippen molar-refractivity contribution >= 4 is 46.2 Å². The van der Waals surface area contributed by atoms with Crippen molar-refractivity contribution < 1.29 is 24.2 Å². The fraction of sp³-hybridized carbons (Fsp3) is 0.211. The van der Waals surface area contributed by atoms with E-state index in [2.05, 4.69) is 16.0 Å². The lowest BCUT2D eigenvalue weighted by Gasteiger charge is -2.10. The van der Waals surface area contributed by atoms with Gasteiger partial charge in [-0.2, -0.15) is 0 Å². The van der Waals surface area contributed by atoms with E-state index in [0.29, 0.717) is 30.8 Å². The lowest BCUT2D eigenvalue weighted by Crippen LogP contribution is -2.34. The number of nitrogens with zero attached hydrogens (tertiary/aromatic N) is 2. The fourth-order valence-electron chi connectivity index (χ4n) is 2.50. The second kappa shape index (κ2) is 11.4. The van der Waals surface area contributed by atoms with Gasteiger partial charge in [0.15, 0.2) is 5.11 Å². The first kappa shape index (κ1) is 24.3. The molecule has 0 atom stereocenters. The Balaban J connectivity index is 1.99. The molecule has 32 heavy (non-hydrogen) atoms. The molecular weight excluding hydrogens is 442 g/mol. The first-order valence-electron chi connectivity index (χ1n) is 9.14. The van der Waals surface area contributed by atoms with Gasteiger partial charge < -0.3 is 15.4 Å². The third-order valence-corrected chi connectivity index (χ3v) is 4.23. The van der Waals surface area contributed by atoms with Crippen LogP contribution in [-0.2, 0) is 4.74 Å². The lowest BCUT2D eigenvalue weighted by molar-refractivity contribution is -0.394. The minimum absolute atomic E-state index is 0.138. The third-order valence-electron chi connectivity index (χ3n) is 4.03. The molecule has 0 radical (unpaired) electrons. The summed E-state index contributed by atoms with van der Waals surface area (Å²) in [6.45, 7) is 1.01. The van der Waals surface area contributed by atoms with Crippen LogP contribution in [0.4, 0.5) is 17.1 Å². The normalized spacial score (nSPS) is 10.2. The highest BCUT2D eigenvalue weighted by Gasteiger charge is 2.20. The molecule has 2 amide bonds. The van der Waals surface area contributed by atoms with E-state index >= 15 is 0 Å². The van der Waals surface area contributed by atoms with E-state index < -0.39 is 27.1 Å². The van der Waals surface area contributed by atoms with E-state index in [0.717, 1.165) is 18.2 Å². The molecule has 2 aromatic carbocycles. The van der Waals surface area contributed by atoms with Crippen LogP contribution in [0.1, 0.15) is 27.1 Å². The van der Waals surface area contributed by atoms with Gasteiger partial charge in [0.05, 0.1) is 21.5 Å². The van der Waals surface area contributed by atoms with Crippen molar-refractivity contribution in [3.63, 3.8) is 0 Å². The number of ether oxygens (including phenoxy) is 1. The summed E-state index contributed by atoms with van der Waals surface area (Å²) < 4.78 is 4.91. The second-order valence-electron chi connectivity index (χ2n) is 6.34. The molecule has 168 valence electrons. The van der Waals surface area contributed by atoms with Crippen molar-refractivity contribution in [1.29, 1.82) is 0 Å². The van der Waals surface area contributed by atoms with Gasteiger partial charge in [-0.25, -0.2) is 0 Å². The first-order valence-corrected chi connectivity index (χ1v) is 9.55. The number of hydrogen-bond donors (Lipinski definition) is 3. The van der Waals surface area contributed by atoms with Crippen LogP contribution in [0.2, 0.25) is 0 Å². The highest BCUT2D eigenvalue weighted by atomic mass is 32.1. The number of methoxy groups -OCH3 is 1. The SMILES string of the molecule is COCCCNC(=O)c1ccc(NC(=S)NC(=O)c2cc([N+](=O)[O-])cc([N+](=O)[O-])c2)cc1. The molecule has 0 spiro atoms. The Morgan fingerprint density at radius 1 is 0.969 bits per heavy atom. The monoisotopic (exact) mass is 461 g/mol. The standard InChI is InChI=1S/C19H19N5O7S/c1-31-8-2-7-20-17(25)12-3-5-14(6-4-12)21-19(32)22-18(26)13-9-15(23(27)28)11-16(10-13)24(29)30/h3-6,9-11H,2,7-8H2,1H3,(H,20,25)(H2,21,22,26,32). The summed E-state index contributed by atoms with van der Waals surface area (Å²) in [7, 11) is 1.58. The number of carbonyl (C=O) groups is 2. The number of benzene rings is 2. The van der Waals surface area contributed by atoms with Crippen molar-refractivity contribution in [1.82, 2.24) is 10.6 Å². The molecule has 0 bridgehead atoms. The number of nitro groups is 2. The predicted octanol–water partition coefficient (Wildman–Crippen LogP) is 2.40. The second-order valence-corrected chi connectivity index (χ2v) is 6.75. The number of amides is 2. The lowest BCUT2D eigenvalue weighted by atomic mass is 10.1. The molecule has 0 saturated carbocycles. The van der Waals surface area contributed by atoms with Crippen molar-refractivity contribution in [3.8, 4) is 0 Å². The Morgan fingerprint density at radius 3 is 2.09 bits per heavy atom. The number of anilines is 1. The molecule has 2 rings (SSSR count). The van der Waals surface area contributed by atoms with Crippen LogP contribution >= 0.6 is 12.2 Å². The van der Waals surface area contributed by atoms with Crippen molar-refractivity contribution in [2.24, 2.45) is 0 Å². The molecule has 0 aliphatic heterocycles. The predicted molar refractivity (Wildman–Crippen MR) is 119 cm³/mol. The molecule has 0 aliphatic rings. The summed E-state index contributed by atoms with van der Waals surface area (Å²) in [6.07, 6.45) is 0.684. The fourth-order valence-corrected chi connectivity index (χ4v) is 2.71. The smallest absolute Gasteiger partial charge is 0.277 e. The van der Waals surface area contributed by atoms with Gasteiger partial charge in [0, 0.05) is 43.6 Å². The van der Waals surface area contributed by atoms with Crippen molar-refractivity contribution in [2.75, 3.05) is 25.6 Å². The highest BCUT2D eigenvalue weighted by Crippen LogP contribution is 2.22. The molecule has 0 heterocycles. The molecule has 2 aromatic rings. The van der Waals surface area contributed by atoms with Crippen molar-refractivity contribution in [2.45, 2.75) is 6.42 Å². The maximum atomic E-state index is 12.3. The minimum Gasteiger partial charge on any atom is -0.385 e. The quantitative estimate of drug-likeness (QED) is 0.220. The van der Waals surface area contributed by atoms with E-state index in [4.69, 9.17) is 17.0 Å². The maximum absolute atomic E-state index is 12.3. The van der Waals surface area contributed by atoms with Crippen LogP contribution in [0, 0.1) is 20.2 Å². The van der Waals surface area contributed by atoms with Gasteiger partial charge in [-0.3, -0.25) is 35.1 Å². The molecule has 0 aliphatic carbocycles. The Labute approximate surface area is 187 Å². The van der Waals surface area contributed by atoms with Crippen LogP contribution in [0.25, 0.3) is 0 Å². The molecule has 0 aromatic heterocycles.